The van der Waals surface area contributed by atoms with Gasteiger partial charge in [0.15, 0.2) is 0 Å². The highest BCUT2D eigenvalue weighted by Crippen LogP contribution is 2.20. The zero-order valence-electron chi connectivity index (χ0n) is 12.5. The van der Waals surface area contributed by atoms with Crippen molar-refractivity contribution in [3.8, 4) is 0 Å². The van der Waals surface area contributed by atoms with Gasteiger partial charge < -0.3 is 16.0 Å². The highest BCUT2D eigenvalue weighted by molar-refractivity contribution is 5.95. The second-order valence-corrected chi connectivity index (χ2v) is 5.02. The SMILES string of the molecule is CCC(=O)Nc1ccc(C)c(NC(=O)CNC(C)C)c1. The molecule has 0 aliphatic heterocycles. The van der Waals surface area contributed by atoms with Crippen LogP contribution in [0, 0.1) is 6.92 Å². The van der Waals surface area contributed by atoms with Gasteiger partial charge in [0.25, 0.3) is 0 Å². The third-order valence-electron chi connectivity index (χ3n) is 2.79. The first-order chi connectivity index (χ1) is 9.42. The van der Waals surface area contributed by atoms with Crippen LogP contribution in [0.2, 0.25) is 0 Å². The van der Waals surface area contributed by atoms with Crippen LogP contribution in [0.15, 0.2) is 18.2 Å². The molecule has 3 N–H and O–H groups in total. The van der Waals surface area contributed by atoms with Gasteiger partial charge in [0.1, 0.15) is 0 Å². The summed E-state index contributed by atoms with van der Waals surface area (Å²) in [6.45, 7) is 7.95. The normalized spacial score (nSPS) is 10.4. The number of hydrogen-bond donors (Lipinski definition) is 3. The second-order valence-electron chi connectivity index (χ2n) is 5.02. The minimum Gasteiger partial charge on any atom is -0.326 e. The molecule has 110 valence electrons. The Morgan fingerprint density at radius 2 is 1.85 bits per heavy atom. The van der Waals surface area contributed by atoms with E-state index in [1.54, 1.807) is 13.0 Å². The molecule has 1 aromatic rings. The second kappa shape index (κ2) is 7.65. The van der Waals surface area contributed by atoms with Crippen LogP contribution in [0.25, 0.3) is 0 Å². The van der Waals surface area contributed by atoms with Crippen molar-refractivity contribution in [2.45, 2.75) is 40.2 Å². The number of carbonyl (C=O) groups is 2. The van der Waals surface area contributed by atoms with Gasteiger partial charge in [0, 0.05) is 23.8 Å². The molecular formula is C15H23N3O2. The van der Waals surface area contributed by atoms with Crippen LogP contribution < -0.4 is 16.0 Å². The van der Waals surface area contributed by atoms with Crippen LogP contribution in [0.5, 0.6) is 0 Å². The van der Waals surface area contributed by atoms with Crippen molar-refractivity contribution >= 4 is 23.2 Å². The lowest BCUT2D eigenvalue weighted by Crippen LogP contribution is -2.32. The molecule has 0 saturated carbocycles. The summed E-state index contributed by atoms with van der Waals surface area (Å²) >= 11 is 0. The Bertz CT molecular complexity index is 484. The van der Waals surface area contributed by atoms with Crippen molar-refractivity contribution in [1.29, 1.82) is 0 Å². The van der Waals surface area contributed by atoms with Gasteiger partial charge >= 0.3 is 0 Å². The van der Waals surface area contributed by atoms with Gasteiger partial charge in [0.2, 0.25) is 11.8 Å². The van der Waals surface area contributed by atoms with Gasteiger partial charge in [-0.1, -0.05) is 26.8 Å². The fraction of sp³-hybridized carbons (Fsp3) is 0.467. The number of anilines is 2. The summed E-state index contributed by atoms with van der Waals surface area (Å²) in [7, 11) is 0. The summed E-state index contributed by atoms with van der Waals surface area (Å²) in [5.74, 6) is -0.145. The maximum Gasteiger partial charge on any atom is 0.238 e. The van der Waals surface area contributed by atoms with E-state index < -0.39 is 0 Å². The molecule has 5 nitrogen and oxygen atoms in total. The zero-order valence-corrected chi connectivity index (χ0v) is 12.5. The molecule has 0 saturated heterocycles. The molecule has 0 spiro atoms. The van der Waals surface area contributed by atoms with Gasteiger partial charge in [-0.3, -0.25) is 9.59 Å². The molecule has 0 radical (unpaired) electrons. The van der Waals surface area contributed by atoms with Gasteiger partial charge in [-0.2, -0.15) is 0 Å². The molecule has 0 aromatic heterocycles. The maximum atomic E-state index is 11.8. The van der Waals surface area contributed by atoms with Crippen LogP contribution in [0.3, 0.4) is 0 Å². The lowest BCUT2D eigenvalue weighted by Gasteiger charge is -2.12. The molecule has 0 atom stereocenters. The number of hydrogen-bond acceptors (Lipinski definition) is 3. The van der Waals surface area contributed by atoms with E-state index in [1.807, 2.05) is 32.9 Å². The van der Waals surface area contributed by atoms with Gasteiger partial charge in [-0.15, -0.1) is 0 Å². The van der Waals surface area contributed by atoms with Crippen LogP contribution in [0.4, 0.5) is 11.4 Å². The molecule has 2 amide bonds. The fourth-order valence-corrected chi connectivity index (χ4v) is 1.58. The van der Waals surface area contributed by atoms with Gasteiger partial charge in [-0.05, 0) is 24.6 Å². The van der Waals surface area contributed by atoms with Crippen LogP contribution in [-0.2, 0) is 9.59 Å². The number of rotatable bonds is 6. The standard InChI is InChI=1S/C15H23N3O2/c1-5-14(19)17-12-7-6-11(4)13(8-12)18-15(20)9-16-10(2)3/h6-8,10,16H,5,9H2,1-4H3,(H,17,19)(H,18,20). The molecular weight excluding hydrogens is 254 g/mol. The van der Waals surface area contributed by atoms with Crippen molar-refractivity contribution in [1.82, 2.24) is 5.32 Å². The van der Waals surface area contributed by atoms with E-state index in [0.29, 0.717) is 12.1 Å². The van der Waals surface area contributed by atoms with Crippen molar-refractivity contribution in [3.63, 3.8) is 0 Å². The average molecular weight is 277 g/mol. The summed E-state index contributed by atoms with van der Waals surface area (Å²) in [6, 6.07) is 5.73. The lowest BCUT2D eigenvalue weighted by molar-refractivity contribution is -0.116. The number of aryl methyl sites for hydroxylation is 1. The Morgan fingerprint density at radius 3 is 2.45 bits per heavy atom. The first-order valence-corrected chi connectivity index (χ1v) is 6.86. The summed E-state index contributed by atoms with van der Waals surface area (Å²) in [6.07, 6.45) is 0.424. The monoisotopic (exact) mass is 277 g/mol. The van der Waals surface area contributed by atoms with Crippen molar-refractivity contribution in [2.24, 2.45) is 0 Å². The molecule has 0 bridgehead atoms. The molecule has 5 heteroatoms. The highest BCUT2D eigenvalue weighted by Gasteiger charge is 2.07. The topological polar surface area (TPSA) is 70.2 Å². The largest absolute Gasteiger partial charge is 0.326 e. The zero-order chi connectivity index (χ0) is 15.1. The number of carbonyl (C=O) groups excluding carboxylic acids is 2. The lowest BCUT2D eigenvalue weighted by atomic mass is 10.1. The smallest absolute Gasteiger partial charge is 0.238 e. The van der Waals surface area contributed by atoms with Crippen molar-refractivity contribution in [2.75, 3.05) is 17.2 Å². The number of amides is 2. The van der Waals surface area contributed by atoms with E-state index in [4.69, 9.17) is 0 Å². The van der Waals surface area contributed by atoms with E-state index in [0.717, 1.165) is 11.3 Å². The summed E-state index contributed by atoms with van der Waals surface area (Å²) in [4.78, 5) is 23.2. The van der Waals surface area contributed by atoms with Gasteiger partial charge in [-0.25, -0.2) is 0 Å². The molecule has 20 heavy (non-hydrogen) atoms. The molecule has 0 aliphatic rings. The summed E-state index contributed by atoms with van der Waals surface area (Å²) in [5, 5.41) is 8.68. The predicted octanol–water partition coefficient (Wildman–Crippen LogP) is 2.28. The average Bonchev–Trinajstić information content (AvgIpc) is 2.40. The molecule has 1 aromatic carbocycles. The Balaban J connectivity index is 2.71. The van der Waals surface area contributed by atoms with E-state index >= 15 is 0 Å². The van der Waals surface area contributed by atoms with E-state index in [2.05, 4.69) is 16.0 Å². The quantitative estimate of drug-likeness (QED) is 0.747. The Kier molecular flexibility index (Phi) is 6.18. The van der Waals surface area contributed by atoms with E-state index in [-0.39, 0.29) is 24.4 Å². The third-order valence-corrected chi connectivity index (χ3v) is 2.79. The Hall–Kier alpha value is -1.88. The van der Waals surface area contributed by atoms with Crippen LogP contribution in [-0.4, -0.2) is 24.4 Å². The molecule has 0 fully saturated rings. The van der Waals surface area contributed by atoms with E-state index in [9.17, 15) is 9.59 Å². The summed E-state index contributed by atoms with van der Waals surface area (Å²) < 4.78 is 0. The molecule has 0 heterocycles. The predicted molar refractivity (Wildman–Crippen MR) is 81.9 cm³/mol. The van der Waals surface area contributed by atoms with Crippen molar-refractivity contribution in [3.05, 3.63) is 23.8 Å². The van der Waals surface area contributed by atoms with Gasteiger partial charge in [0.05, 0.1) is 6.54 Å². The summed E-state index contributed by atoms with van der Waals surface area (Å²) in [5.41, 5.74) is 2.36. The third kappa shape index (κ3) is 5.40. The van der Waals surface area contributed by atoms with Crippen molar-refractivity contribution < 1.29 is 9.59 Å². The number of nitrogens with one attached hydrogen (secondary N) is 3. The first kappa shape index (κ1) is 16.2. The van der Waals surface area contributed by atoms with Crippen LogP contribution >= 0.6 is 0 Å². The Labute approximate surface area is 120 Å². The first-order valence-electron chi connectivity index (χ1n) is 6.86. The number of benzene rings is 1. The highest BCUT2D eigenvalue weighted by atomic mass is 16.2. The molecule has 1 rings (SSSR count). The molecule has 0 aliphatic carbocycles. The Morgan fingerprint density at radius 1 is 1.15 bits per heavy atom. The van der Waals surface area contributed by atoms with E-state index in [1.165, 1.54) is 0 Å². The minimum atomic E-state index is -0.0965. The maximum absolute atomic E-state index is 11.8. The fourth-order valence-electron chi connectivity index (χ4n) is 1.58. The van der Waals surface area contributed by atoms with Crippen LogP contribution in [0.1, 0.15) is 32.8 Å². The minimum absolute atomic E-state index is 0.0485. The molecule has 0 unspecified atom stereocenters.